The number of esters is 1. The van der Waals surface area contributed by atoms with Crippen LogP contribution in [0.25, 0.3) is 0 Å². The standard InChI is InChI=1S/C10H17NO3/c12-10(9-2-1-4-11-9)14-7-8-3-5-13-6-8/h8-9,11H,1-7H2/t8?,9-/m1/s1. The summed E-state index contributed by atoms with van der Waals surface area (Å²) in [5.74, 6) is 0.328. The number of rotatable bonds is 3. The summed E-state index contributed by atoms with van der Waals surface area (Å²) in [6.45, 7) is 3.01. The molecule has 4 heteroatoms. The molecule has 0 spiro atoms. The van der Waals surface area contributed by atoms with E-state index in [1.165, 1.54) is 0 Å². The Morgan fingerprint density at radius 1 is 1.50 bits per heavy atom. The molecular weight excluding hydrogens is 182 g/mol. The number of nitrogens with one attached hydrogen (secondary N) is 1. The summed E-state index contributed by atoms with van der Waals surface area (Å²) >= 11 is 0. The minimum absolute atomic E-state index is 0.0580. The molecule has 0 aliphatic carbocycles. The minimum Gasteiger partial charge on any atom is -0.464 e. The zero-order chi connectivity index (χ0) is 9.80. The summed E-state index contributed by atoms with van der Waals surface area (Å²) in [7, 11) is 0. The van der Waals surface area contributed by atoms with Gasteiger partial charge in [0, 0.05) is 12.5 Å². The average molecular weight is 199 g/mol. The number of hydrogen-bond donors (Lipinski definition) is 1. The van der Waals surface area contributed by atoms with Gasteiger partial charge in [0.2, 0.25) is 0 Å². The predicted molar refractivity (Wildman–Crippen MR) is 50.9 cm³/mol. The highest BCUT2D eigenvalue weighted by atomic mass is 16.5. The van der Waals surface area contributed by atoms with Crippen LogP contribution in [0.5, 0.6) is 0 Å². The normalized spacial score (nSPS) is 32.0. The van der Waals surface area contributed by atoms with Crippen molar-refractivity contribution in [2.45, 2.75) is 25.3 Å². The molecule has 0 saturated carbocycles. The van der Waals surface area contributed by atoms with Gasteiger partial charge >= 0.3 is 5.97 Å². The zero-order valence-corrected chi connectivity index (χ0v) is 8.33. The van der Waals surface area contributed by atoms with Crippen molar-refractivity contribution in [1.29, 1.82) is 0 Å². The molecule has 2 saturated heterocycles. The lowest BCUT2D eigenvalue weighted by atomic mass is 10.1. The Labute approximate surface area is 84.0 Å². The van der Waals surface area contributed by atoms with Crippen LogP contribution in [0, 0.1) is 5.92 Å². The first-order chi connectivity index (χ1) is 6.86. The Hall–Kier alpha value is -0.610. The molecule has 0 aromatic carbocycles. The molecule has 1 unspecified atom stereocenters. The van der Waals surface area contributed by atoms with Crippen molar-refractivity contribution in [3.05, 3.63) is 0 Å². The van der Waals surface area contributed by atoms with Gasteiger partial charge in [0.05, 0.1) is 13.2 Å². The first kappa shape index (κ1) is 9.93. The topological polar surface area (TPSA) is 47.6 Å². The quantitative estimate of drug-likeness (QED) is 0.665. The maximum absolute atomic E-state index is 11.5. The second-order valence-corrected chi connectivity index (χ2v) is 4.01. The van der Waals surface area contributed by atoms with Gasteiger partial charge in [0.1, 0.15) is 6.04 Å². The van der Waals surface area contributed by atoms with Crippen LogP contribution < -0.4 is 5.32 Å². The lowest BCUT2D eigenvalue weighted by molar-refractivity contribution is -0.147. The molecule has 14 heavy (non-hydrogen) atoms. The van der Waals surface area contributed by atoms with Gasteiger partial charge in [-0.15, -0.1) is 0 Å². The SMILES string of the molecule is O=C(OCC1CCOC1)[C@H]1CCCN1. The summed E-state index contributed by atoms with van der Waals surface area (Å²) in [4.78, 5) is 11.5. The Bertz CT molecular complexity index is 196. The summed E-state index contributed by atoms with van der Waals surface area (Å²) in [5, 5.41) is 3.13. The molecule has 2 heterocycles. The third kappa shape index (κ3) is 2.45. The second-order valence-electron chi connectivity index (χ2n) is 4.01. The van der Waals surface area contributed by atoms with Crippen molar-refractivity contribution in [3.63, 3.8) is 0 Å². The molecule has 0 bridgehead atoms. The lowest BCUT2D eigenvalue weighted by Crippen LogP contribution is -2.33. The molecule has 2 aliphatic heterocycles. The molecule has 0 aromatic heterocycles. The fourth-order valence-corrected chi connectivity index (χ4v) is 1.90. The number of carbonyl (C=O) groups is 1. The molecule has 2 rings (SSSR count). The van der Waals surface area contributed by atoms with Crippen LogP contribution in [0.4, 0.5) is 0 Å². The molecule has 2 aliphatic rings. The highest BCUT2D eigenvalue weighted by molar-refractivity contribution is 5.76. The molecule has 1 N–H and O–H groups in total. The Morgan fingerprint density at radius 3 is 3.07 bits per heavy atom. The van der Waals surface area contributed by atoms with Gasteiger partial charge in [-0.2, -0.15) is 0 Å². The number of carbonyl (C=O) groups excluding carboxylic acids is 1. The van der Waals surface area contributed by atoms with E-state index in [1.54, 1.807) is 0 Å². The van der Waals surface area contributed by atoms with Crippen LogP contribution in [0.1, 0.15) is 19.3 Å². The second kappa shape index (κ2) is 4.75. The largest absolute Gasteiger partial charge is 0.464 e. The monoisotopic (exact) mass is 199 g/mol. The average Bonchev–Trinajstić information content (AvgIpc) is 2.87. The number of hydrogen-bond acceptors (Lipinski definition) is 4. The van der Waals surface area contributed by atoms with E-state index in [0.29, 0.717) is 12.5 Å². The molecule has 0 radical (unpaired) electrons. The molecule has 2 atom stereocenters. The van der Waals surface area contributed by atoms with E-state index in [2.05, 4.69) is 5.32 Å². The van der Waals surface area contributed by atoms with Crippen LogP contribution in [0.3, 0.4) is 0 Å². The minimum atomic E-state index is -0.0885. The van der Waals surface area contributed by atoms with E-state index in [1.807, 2.05) is 0 Å². The van der Waals surface area contributed by atoms with Crippen molar-refractivity contribution in [3.8, 4) is 0 Å². The summed E-state index contributed by atoms with van der Waals surface area (Å²) < 4.78 is 10.4. The molecule has 4 nitrogen and oxygen atoms in total. The van der Waals surface area contributed by atoms with E-state index < -0.39 is 0 Å². The van der Waals surface area contributed by atoms with E-state index >= 15 is 0 Å². The highest BCUT2D eigenvalue weighted by Crippen LogP contribution is 2.13. The maximum atomic E-state index is 11.5. The van der Waals surface area contributed by atoms with Gasteiger partial charge in [0.25, 0.3) is 0 Å². The Kier molecular flexibility index (Phi) is 3.37. The van der Waals surface area contributed by atoms with Crippen LogP contribution in [-0.2, 0) is 14.3 Å². The third-order valence-corrected chi connectivity index (χ3v) is 2.83. The van der Waals surface area contributed by atoms with E-state index in [-0.39, 0.29) is 12.0 Å². The van der Waals surface area contributed by atoms with E-state index in [9.17, 15) is 4.79 Å². The van der Waals surface area contributed by atoms with Crippen molar-refractivity contribution in [2.24, 2.45) is 5.92 Å². The Morgan fingerprint density at radius 2 is 2.43 bits per heavy atom. The first-order valence-corrected chi connectivity index (χ1v) is 5.34. The fraction of sp³-hybridized carbons (Fsp3) is 0.900. The maximum Gasteiger partial charge on any atom is 0.323 e. The van der Waals surface area contributed by atoms with Gasteiger partial charge in [-0.1, -0.05) is 0 Å². The van der Waals surface area contributed by atoms with Crippen molar-refractivity contribution >= 4 is 5.97 Å². The van der Waals surface area contributed by atoms with E-state index in [4.69, 9.17) is 9.47 Å². The van der Waals surface area contributed by atoms with Crippen LogP contribution in [0.15, 0.2) is 0 Å². The van der Waals surface area contributed by atoms with E-state index in [0.717, 1.165) is 39.0 Å². The zero-order valence-electron chi connectivity index (χ0n) is 8.33. The lowest BCUT2D eigenvalue weighted by Gasteiger charge is -2.12. The van der Waals surface area contributed by atoms with Gasteiger partial charge < -0.3 is 14.8 Å². The fourth-order valence-electron chi connectivity index (χ4n) is 1.90. The molecule has 80 valence electrons. The molecule has 0 amide bonds. The third-order valence-electron chi connectivity index (χ3n) is 2.83. The highest BCUT2D eigenvalue weighted by Gasteiger charge is 2.25. The predicted octanol–water partition coefficient (Wildman–Crippen LogP) is 0.318. The van der Waals surface area contributed by atoms with Crippen LogP contribution in [0.2, 0.25) is 0 Å². The van der Waals surface area contributed by atoms with Crippen LogP contribution >= 0.6 is 0 Å². The van der Waals surface area contributed by atoms with Crippen LogP contribution in [-0.4, -0.2) is 38.4 Å². The molecular formula is C10H17NO3. The summed E-state index contributed by atoms with van der Waals surface area (Å²) in [5.41, 5.74) is 0. The number of ether oxygens (including phenoxy) is 2. The van der Waals surface area contributed by atoms with Gasteiger partial charge in [0.15, 0.2) is 0 Å². The van der Waals surface area contributed by atoms with Crippen molar-refractivity contribution in [1.82, 2.24) is 5.32 Å². The first-order valence-electron chi connectivity index (χ1n) is 5.34. The molecule has 0 aromatic rings. The van der Waals surface area contributed by atoms with Crippen molar-refractivity contribution < 1.29 is 14.3 Å². The van der Waals surface area contributed by atoms with Gasteiger partial charge in [-0.05, 0) is 25.8 Å². The van der Waals surface area contributed by atoms with Gasteiger partial charge in [-0.3, -0.25) is 4.79 Å². The summed E-state index contributed by atoms with van der Waals surface area (Å²) in [6, 6.07) is -0.0580. The Balaban J connectivity index is 1.66. The molecule has 2 fully saturated rings. The van der Waals surface area contributed by atoms with Gasteiger partial charge in [-0.25, -0.2) is 0 Å². The van der Waals surface area contributed by atoms with Crippen molar-refractivity contribution in [2.75, 3.05) is 26.4 Å². The summed E-state index contributed by atoms with van der Waals surface area (Å²) in [6.07, 6.45) is 3.01. The smallest absolute Gasteiger partial charge is 0.323 e.